The van der Waals surface area contributed by atoms with Crippen LogP contribution in [0.1, 0.15) is 25.0 Å². The zero-order chi connectivity index (χ0) is 9.90. The summed E-state index contributed by atoms with van der Waals surface area (Å²) in [4.78, 5) is 4.02. The fourth-order valence-electron chi connectivity index (χ4n) is 1.33. The van der Waals surface area contributed by atoms with E-state index in [9.17, 15) is 0 Å². The minimum atomic E-state index is -0.681. The lowest BCUT2D eigenvalue weighted by molar-refractivity contribution is 0.209. The Hall–Kier alpha value is -0.930. The molecule has 0 aliphatic heterocycles. The summed E-state index contributed by atoms with van der Waals surface area (Å²) in [6.45, 7) is 3.81. The maximum Gasteiger partial charge on any atom is 0.0651 e. The van der Waals surface area contributed by atoms with Crippen molar-refractivity contribution in [2.45, 2.75) is 25.8 Å². The Balaban J connectivity index is 3.12. The Morgan fingerprint density at radius 3 is 2.85 bits per heavy atom. The lowest BCUT2D eigenvalue weighted by Gasteiger charge is -2.24. The monoisotopic (exact) mass is 180 g/mol. The minimum absolute atomic E-state index is 0.0638. The average molecular weight is 180 g/mol. The molecule has 0 aromatic carbocycles. The maximum atomic E-state index is 9.11. The van der Waals surface area contributed by atoms with E-state index >= 15 is 0 Å². The summed E-state index contributed by atoms with van der Waals surface area (Å²) in [7, 11) is 0. The number of rotatable bonds is 3. The van der Waals surface area contributed by atoms with E-state index in [1.54, 1.807) is 12.4 Å². The van der Waals surface area contributed by atoms with Gasteiger partial charge < -0.3 is 10.8 Å². The highest BCUT2D eigenvalue weighted by atomic mass is 16.3. The second-order valence-corrected chi connectivity index (χ2v) is 3.46. The minimum Gasteiger partial charge on any atom is -0.394 e. The summed E-state index contributed by atoms with van der Waals surface area (Å²) < 4.78 is 0. The number of aryl methyl sites for hydroxylation is 1. The van der Waals surface area contributed by atoms with Crippen LogP contribution in [-0.2, 0) is 12.0 Å². The van der Waals surface area contributed by atoms with E-state index in [4.69, 9.17) is 10.8 Å². The van der Waals surface area contributed by atoms with Crippen LogP contribution in [-0.4, -0.2) is 16.7 Å². The number of aromatic nitrogens is 1. The van der Waals surface area contributed by atoms with E-state index in [-0.39, 0.29) is 6.61 Å². The fraction of sp³-hybridized carbons (Fsp3) is 0.500. The molecular formula is C10H16N2O. The molecule has 1 atom stereocenters. The lowest BCUT2D eigenvalue weighted by Crippen LogP contribution is -2.38. The van der Waals surface area contributed by atoms with E-state index in [1.807, 2.05) is 13.0 Å². The van der Waals surface area contributed by atoms with Crippen LogP contribution in [0.25, 0.3) is 0 Å². The SMILES string of the molecule is CCc1ccncc1[C@](C)(N)CO. The summed E-state index contributed by atoms with van der Waals surface area (Å²) in [5.41, 5.74) is 7.32. The molecule has 0 fully saturated rings. The Kier molecular flexibility index (Phi) is 3.01. The van der Waals surface area contributed by atoms with Gasteiger partial charge in [-0.25, -0.2) is 0 Å². The molecule has 0 aliphatic carbocycles. The number of nitrogens with zero attached hydrogens (tertiary/aromatic N) is 1. The van der Waals surface area contributed by atoms with Crippen molar-refractivity contribution in [1.29, 1.82) is 0 Å². The summed E-state index contributed by atoms with van der Waals surface area (Å²) in [6, 6.07) is 1.94. The van der Waals surface area contributed by atoms with Crippen molar-refractivity contribution in [2.24, 2.45) is 5.73 Å². The fourth-order valence-corrected chi connectivity index (χ4v) is 1.33. The summed E-state index contributed by atoms with van der Waals surface area (Å²) in [6.07, 6.45) is 4.38. The molecule has 1 heterocycles. The molecule has 0 aliphatic rings. The quantitative estimate of drug-likeness (QED) is 0.723. The van der Waals surface area contributed by atoms with Gasteiger partial charge in [0.25, 0.3) is 0 Å². The third kappa shape index (κ3) is 2.05. The van der Waals surface area contributed by atoms with Gasteiger partial charge in [0.1, 0.15) is 0 Å². The molecule has 3 nitrogen and oxygen atoms in total. The lowest BCUT2D eigenvalue weighted by atomic mass is 9.91. The van der Waals surface area contributed by atoms with Gasteiger partial charge in [0, 0.05) is 12.4 Å². The van der Waals surface area contributed by atoms with Crippen LogP contribution in [0.15, 0.2) is 18.5 Å². The van der Waals surface area contributed by atoms with Gasteiger partial charge in [-0.15, -0.1) is 0 Å². The number of nitrogens with two attached hydrogens (primary N) is 1. The van der Waals surface area contributed by atoms with E-state index < -0.39 is 5.54 Å². The van der Waals surface area contributed by atoms with Crippen LogP contribution >= 0.6 is 0 Å². The number of hydrogen-bond acceptors (Lipinski definition) is 3. The molecule has 0 unspecified atom stereocenters. The molecule has 0 radical (unpaired) electrons. The Labute approximate surface area is 78.6 Å². The van der Waals surface area contributed by atoms with Gasteiger partial charge in [0.15, 0.2) is 0 Å². The Morgan fingerprint density at radius 1 is 1.62 bits per heavy atom. The van der Waals surface area contributed by atoms with Gasteiger partial charge in [-0.1, -0.05) is 6.92 Å². The van der Waals surface area contributed by atoms with Gasteiger partial charge in [-0.05, 0) is 30.5 Å². The van der Waals surface area contributed by atoms with Gasteiger partial charge in [-0.3, -0.25) is 4.98 Å². The van der Waals surface area contributed by atoms with E-state index in [2.05, 4.69) is 11.9 Å². The Morgan fingerprint density at radius 2 is 2.31 bits per heavy atom. The molecule has 0 bridgehead atoms. The van der Waals surface area contributed by atoms with Crippen molar-refractivity contribution in [3.05, 3.63) is 29.6 Å². The van der Waals surface area contributed by atoms with Gasteiger partial charge in [0.05, 0.1) is 12.1 Å². The highest BCUT2D eigenvalue weighted by Crippen LogP contribution is 2.20. The van der Waals surface area contributed by atoms with Crippen molar-refractivity contribution in [2.75, 3.05) is 6.61 Å². The molecule has 72 valence electrons. The second-order valence-electron chi connectivity index (χ2n) is 3.46. The molecule has 13 heavy (non-hydrogen) atoms. The zero-order valence-electron chi connectivity index (χ0n) is 8.12. The van der Waals surface area contributed by atoms with E-state index in [0.717, 1.165) is 17.5 Å². The number of hydrogen-bond donors (Lipinski definition) is 2. The maximum absolute atomic E-state index is 9.11. The first-order chi connectivity index (χ1) is 6.11. The van der Waals surface area contributed by atoms with E-state index in [1.165, 1.54) is 0 Å². The van der Waals surface area contributed by atoms with Crippen LogP contribution in [0, 0.1) is 0 Å². The van der Waals surface area contributed by atoms with Gasteiger partial charge in [0.2, 0.25) is 0 Å². The molecule has 3 N–H and O–H groups in total. The topological polar surface area (TPSA) is 59.1 Å². The van der Waals surface area contributed by atoms with Crippen LogP contribution in [0.3, 0.4) is 0 Å². The second kappa shape index (κ2) is 3.85. The van der Waals surface area contributed by atoms with Crippen LogP contribution in [0.5, 0.6) is 0 Å². The Bertz CT molecular complexity index is 284. The van der Waals surface area contributed by atoms with E-state index in [0.29, 0.717) is 0 Å². The van der Waals surface area contributed by atoms with Crippen molar-refractivity contribution in [3.63, 3.8) is 0 Å². The van der Waals surface area contributed by atoms with Crippen molar-refractivity contribution < 1.29 is 5.11 Å². The molecule has 0 spiro atoms. The average Bonchev–Trinajstić information content (AvgIpc) is 2.18. The van der Waals surface area contributed by atoms with Crippen molar-refractivity contribution >= 4 is 0 Å². The van der Waals surface area contributed by atoms with Crippen molar-refractivity contribution in [1.82, 2.24) is 4.98 Å². The normalized spacial score (nSPS) is 15.4. The standard InChI is InChI=1S/C10H16N2O/c1-3-8-4-5-12-6-9(8)10(2,11)7-13/h4-6,13H,3,7,11H2,1-2H3/t10-/m1/s1. The molecule has 1 aromatic heterocycles. The number of aliphatic hydroxyl groups is 1. The molecular weight excluding hydrogens is 164 g/mol. The van der Waals surface area contributed by atoms with Crippen LogP contribution in [0.2, 0.25) is 0 Å². The van der Waals surface area contributed by atoms with Crippen LogP contribution in [0.4, 0.5) is 0 Å². The third-order valence-corrected chi connectivity index (χ3v) is 2.24. The summed E-state index contributed by atoms with van der Waals surface area (Å²) >= 11 is 0. The predicted octanol–water partition coefficient (Wildman–Crippen LogP) is 0.810. The molecule has 0 amide bonds. The number of aliphatic hydroxyl groups excluding tert-OH is 1. The first-order valence-electron chi connectivity index (χ1n) is 4.45. The smallest absolute Gasteiger partial charge is 0.0651 e. The van der Waals surface area contributed by atoms with Crippen molar-refractivity contribution in [3.8, 4) is 0 Å². The van der Waals surface area contributed by atoms with Crippen LogP contribution < -0.4 is 5.73 Å². The molecule has 3 heteroatoms. The zero-order valence-corrected chi connectivity index (χ0v) is 8.12. The largest absolute Gasteiger partial charge is 0.394 e. The summed E-state index contributed by atoms with van der Waals surface area (Å²) in [5.74, 6) is 0. The highest BCUT2D eigenvalue weighted by molar-refractivity contribution is 5.29. The molecule has 0 saturated heterocycles. The molecule has 0 saturated carbocycles. The predicted molar refractivity (Wildman–Crippen MR) is 52.2 cm³/mol. The third-order valence-electron chi connectivity index (χ3n) is 2.24. The molecule has 1 aromatic rings. The highest BCUT2D eigenvalue weighted by Gasteiger charge is 2.22. The molecule has 1 rings (SSSR count). The number of pyridine rings is 1. The van der Waals surface area contributed by atoms with Gasteiger partial charge in [-0.2, -0.15) is 0 Å². The van der Waals surface area contributed by atoms with Gasteiger partial charge >= 0.3 is 0 Å². The first-order valence-corrected chi connectivity index (χ1v) is 4.45. The summed E-state index contributed by atoms with van der Waals surface area (Å²) in [5, 5.41) is 9.11. The first kappa shape index (κ1) is 10.2.